The first-order chi connectivity index (χ1) is 6.82. The van der Waals surface area contributed by atoms with Crippen LogP contribution in [-0.4, -0.2) is 10.9 Å². The first-order valence-corrected chi connectivity index (χ1v) is 5.92. The molecule has 0 aliphatic carbocycles. The van der Waals surface area contributed by atoms with Crippen LogP contribution in [0.1, 0.15) is 55.4 Å². The zero-order chi connectivity index (χ0) is 12.2. The van der Waals surface area contributed by atoms with E-state index in [0.717, 1.165) is 0 Å². The fourth-order valence-electron chi connectivity index (χ4n) is 1.87. The van der Waals surface area contributed by atoms with E-state index in [-0.39, 0.29) is 0 Å². The highest BCUT2D eigenvalue weighted by Crippen LogP contribution is 2.24. The van der Waals surface area contributed by atoms with E-state index in [2.05, 4.69) is 66.4 Å². The summed E-state index contributed by atoms with van der Waals surface area (Å²) in [4.78, 5) is 2.44. The number of rotatable bonds is 4. The summed E-state index contributed by atoms with van der Waals surface area (Å²) in [6.07, 6.45) is 2.23. The fraction of sp³-hybridized carbons (Fsp3) is 0.714. The summed E-state index contributed by atoms with van der Waals surface area (Å²) in [6.45, 7) is 17.7. The highest BCUT2D eigenvalue weighted by atomic mass is 15.2. The summed E-state index contributed by atoms with van der Waals surface area (Å²) in [5.74, 6) is 0.576. The molecule has 0 radical (unpaired) electrons. The Bertz CT molecular complexity index is 253. The molecule has 0 bridgehead atoms. The Morgan fingerprint density at radius 1 is 1.00 bits per heavy atom. The van der Waals surface area contributed by atoms with Gasteiger partial charge in [0.05, 0.1) is 0 Å². The monoisotopic (exact) mass is 209 g/mol. The molecular formula is C14H27N. The van der Waals surface area contributed by atoms with Crippen LogP contribution in [0, 0.1) is 5.92 Å². The van der Waals surface area contributed by atoms with Crippen LogP contribution >= 0.6 is 0 Å². The van der Waals surface area contributed by atoms with Crippen LogP contribution in [0.2, 0.25) is 0 Å². The molecule has 0 heterocycles. The van der Waals surface area contributed by atoms with Gasteiger partial charge in [-0.3, -0.25) is 0 Å². The molecule has 0 aliphatic rings. The first kappa shape index (κ1) is 14.3. The second-order valence-corrected chi connectivity index (χ2v) is 4.92. The average molecular weight is 209 g/mol. The van der Waals surface area contributed by atoms with Crippen LogP contribution in [-0.2, 0) is 0 Å². The van der Waals surface area contributed by atoms with E-state index < -0.39 is 0 Å². The Morgan fingerprint density at radius 2 is 1.47 bits per heavy atom. The average Bonchev–Trinajstić information content (AvgIpc) is 2.11. The van der Waals surface area contributed by atoms with Gasteiger partial charge in [0.15, 0.2) is 0 Å². The van der Waals surface area contributed by atoms with Gasteiger partial charge in [-0.05, 0) is 47.5 Å². The van der Waals surface area contributed by atoms with Gasteiger partial charge < -0.3 is 4.90 Å². The molecule has 1 nitrogen and oxygen atoms in total. The standard InChI is InChI=1S/C14H27N/c1-9-14(11(4)5)15(12(6)7)13(8)10(2)3/h9,11-12H,1-8H3/b14-9-. The molecule has 1 heteroatoms. The van der Waals surface area contributed by atoms with E-state index in [1.807, 2.05) is 0 Å². The van der Waals surface area contributed by atoms with Gasteiger partial charge in [0.2, 0.25) is 0 Å². The number of allylic oxidation sites excluding steroid dienone is 4. The third-order valence-corrected chi connectivity index (χ3v) is 2.77. The van der Waals surface area contributed by atoms with Crippen LogP contribution < -0.4 is 0 Å². The first-order valence-electron chi connectivity index (χ1n) is 5.92. The maximum atomic E-state index is 2.44. The van der Waals surface area contributed by atoms with Crippen LogP contribution in [0.25, 0.3) is 0 Å². The molecule has 0 atom stereocenters. The quantitative estimate of drug-likeness (QED) is 0.655. The summed E-state index contributed by atoms with van der Waals surface area (Å²) in [6, 6.07) is 0.522. The number of nitrogens with zero attached hydrogens (tertiary/aromatic N) is 1. The molecule has 88 valence electrons. The summed E-state index contributed by atoms with van der Waals surface area (Å²) >= 11 is 0. The van der Waals surface area contributed by atoms with Crippen LogP contribution in [0.15, 0.2) is 23.0 Å². The van der Waals surface area contributed by atoms with Crippen LogP contribution in [0.3, 0.4) is 0 Å². The zero-order valence-corrected chi connectivity index (χ0v) is 11.7. The van der Waals surface area contributed by atoms with Gasteiger partial charge in [0, 0.05) is 17.4 Å². The van der Waals surface area contributed by atoms with Crippen molar-refractivity contribution in [3.8, 4) is 0 Å². The normalized spacial score (nSPS) is 12.3. The van der Waals surface area contributed by atoms with Crippen molar-refractivity contribution in [2.24, 2.45) is 5.92 Å². The maximum Gasteiger partial charge on any atom is 0.0279 e. The third kappa shape index (κ3) is 3.73. The Labute approximate surface area is 95.9 Å². The fourth-order valence-corrected chi connectivity index (χ4v) is 1.87. The Hall–Kier alpha value is -0.720. The lowest BCUT2D eigenvalue weighted by Gasteiger charge is -2.35. The molecule has 0 aromatic heterocycles. The van der Waals surface area contributed by atoms with Crippen molar-refractivity contribution in [3.05, 3.63) is 23.0 Å². The van der Waals surface area contributed by atoms with E-state index in [1.54, 1.807) is 0 Å². The lowest BCUT2D eigenvalue weighted by Crippen LogP contribution is -2.31. The molecule has 0 aliphatic heterocycles. The van der Waals surface area contributed by atoms with Crippen LogP contribution in [0.5, 0.6) is 0 Å². The molecule has 0 unspecified atom stereocenters. The Morgan fingerprint density at radius 3 is 1.67 bits per heavy atom. The van der Waals surface area contributed by atoms with Crippen molar-refractivity contribution in [3.63, 3.8) is 0 Å². The Balaban J connectivity index is 5.25. The third-order valence-electron chi connectivity index (χ3n) is 2.77. The van der Waals surface area contributed by atoms with Gasteiger partial charge in [0.25, 0.3) is 0 Å². The van der Waals surface area contributed by atoms with Crippen molar-refractivity contribution >= 4 is 0 Å². The lowest BCUT2D eigenvalue weighted by atomic mass is 10.1. The van der Waals surface area contributed by atoms with Gasteiger partial charge in [-0.1, -0.05) is 25.5 Å². The predicted octanol–water partition coefficient (Wildman–Crippen LogP) is 4.57. The molecule has 0 fully saturated rings. The minimum Gasteiger partial charge on any atom is -0.347 e. The molecule has 0 spiro atoms. The molecule has 0 amide bonds. The molecular weight excluding hydrogens is 182 g/mol. The smallest absolute Gasteiger partial charge is 0.0279 e. The molecule has 15 heavy (non-hydrogen) atoms. The second-order valence-electron chi connectivity index (χ2n) is 4.92. The summed E-state index contributed by atoms with van der Waals surface area (Å²) in [7, 11) is 0. The topological polar surface area (TPSA) is 3.24 Å². The molecule has 0 saturated heterocycles. The molecule has 0 rings (SSSR count). The highest BCUT2D eigenvalue weighted by Gasteiger charge is 2.17. The Kier molecular flexibility index (Phi) is 5.71. The van der Waals surface area contributed by atoms with Crippen molar-refractivity contribution in [1.29, 1.82) is 0 Å². The van der Waals surface area contributed by atoms with E-state index in [9.17, 15) is 0 Å². The van der Waals surface area contributed by atoms with Gasteiger partial charge >= 0.3 is 0 Å². The lowest BCUT2D eigenvalue weighted by molar-refractivity contribution is 0.318. The van der Waals surface area contributed by atoms with E-state index in [4.69, 9.17) is 0 Å². The van der Waals surface area contributed by atoms with Crippen molar-refractivity contribution in [2.45, 2.75) is 61.4 Å². The van der Waals surface area contributed by atoms with Gasteiger partial charge in [0.1, 0.15) is 0 Å². The second kappa shape index (κ2) is 5.99. The van der Waals surface area contributed by atoms with E-state index in [1.165, 1.54) is 17.0 Å². The minimum atomic E-state index is 0.522. The predicted molar refractivity (Wildman–Crippen MR) is 69.6 cm³/mol. The van der Waals surface area contributed by atoms with Crippen molar-refractivity contribution < 1.29 is 0 Å². The molecule has 0 aromatic rings. The SMILES string of the molecule is C/C=C(/C(C)C)N(C(C)=C(C)C)C(C)C. The van der Waals surface area contributed by atoms with Crippen molar-refractivity contribution in [1.82, 2.24) is 4.90 Å². The van der Waals surface area contributed by atoms with Gasteiger partial charge in [-0.25, -0.2) is 0 Å². The maximum absolute atomic E-state index is 2.44. The largest absolute Gasteiger partial charge is 0.347 e. The summed E-state index contributed by atoms with van der Waals surface area (Å²) in [5, 5.41) is 0. The summed E-state index contributed by atoms with van der Waals surface area (Å²) < 4.78 is 0. The van der Waals surface area contributed by atoms with Gasteiger partial charge in [-0.2, -0.15) is 0 Å². The zero-order valence-electron chi connectivity index (χ0n) is 11.7. The van der Waals surface area contributed by atoms with E-state index >= 15 is 0 Å². The molecule has 0 saturated carbocycles. The molecule has 0 N–H and O–H groups in total. The highest BCUT2D eigenvalue weighted by molar-refractivity contribution is 5.17. The number of hydrogen-bond donors (Lipinski definition) is 0. The number of hydrogen-bond acceptors (Lipinski definition) is 1. The minimum absolute atomic E-state index is 0.522. The van der Waals surface area contributed by atoms with Crippen LogP contribution in [0.4, 0.5) is 0 Å². The summed E-state index contributed by atoms with van der Waals surface area (Å²) in [5.41, 5.74) is 4.19. The van der Waals surface area contributed by atoms with Gasteiger partial charge in [-0.15, -0.1) is 0 Å². The van der Waals surface area contributed by atoms with E-state index in [0.29, 0.717) is 12.0 Å². The molecule has 0 aromatic carbocycles. The van der Waals surface area contributed by atoms with Crippen molar-refractivity contribution in [2.75, 3.05) is 0 Å².